The first-order chi connectivity index (χ1) is 9.56. The number of imidazole rings is 1. The smallest absolute Gasteiger partial charge is 0.223 e. The third-order valence-electron chi connectivity index (χ3n) is 2.98. The van der Waals surface area contributed by atoms with Crippen LogP contribution in [0, 0.1) is 11.6 Å². The van der Waals surface area contributed by atoms with E-state index < -0.39 is 11.6 Å². The second-order valence-electron chi connectivity index (χ2n) is 4.53. The molecule has 0 unspecified atom stereocenters. The van der Waals surface area contributed by atoms with Gasteiger partial charge in [-0.05, 0) is 24.1 Å². The van der Waals surface area contributed by atoms with E-state index in [9.17, 15) is 13.6 Å². The highest BCUT2D eigenvalue weighted by atomic mass is 19.2. The van der Waals surface area contributed by atoms with Crippen LogP contribution in [0.1, 0.15) is 17.8 Å². The van der Waals surface area contributed by atoms with Crippen LogP contribution < -0.4 is 0 Å². The highest BCUT2D eigenvalue weighted by Crippen LogP contribution is 2.11. The Labute approximate surface area is 115 Å². The van der Waals surface area contributed by atoms with Crippen molar-refractivity contribution in [3.05, 3.63) is 53.6 Å². The fourth-order valence-electron chi connectivity index (χ4n) is 1.83. The lowest BCUT2D eigenvalue weighted by Gasteiger charge is -2.15. The third-order valence-corrected chi connectivity index (χ3v) is 2.98. The highest BCUT2D eigenvalue weighted by Gasteiger charge is 2.11. The Bertz CT molecular complexity index is 584. The van der Waals surface area contributed by atoms with Crippen molar-refractivity contribution < 1.29 is 13.6 Å². The number of hydrogen-bond acceptors (Lipinski definition) is 2. The van der Waals surface area contributed by atoms with Crippen LogP contribution in [0.3, 0.4) is 0 Å². The Morgan fingerprint density at radius 2 is 2.15 bits per heavy atom. The Morgan fingerprint density at radius 1 is 1.35 bits per heavy atom. The van der Waals surface area contributed by atoms with E-state index in [-0.39, 0.29) is 12.3 Å². The van der Waals surface area contributed by atoms with Gasteiger partial charge in [-0.1, -0.05) is 6.07 Å². The Balaban J connectivity index is 1.86. The number of benzene rings is 1. The molecule has 0 spiro atoms. The summed E-state index contributed by atoms with van der Waals surface area (Å²) in [5.41, 5.74) is 0.601. The summed E-state index contributed by atoms with van der Waals surface area (Å²) >= 11 is 0. The Hall–Kier alpha value is -2.24. The highest BCUT2D eigenvalue weighted by molar-refractivity contribution is 5.76. The maximum absolute atomic E-state index is 13.0. The maximum Gasteiger partial charge on any atom is 0.223 e. The van der Waals surface area contributed by atoms with Gasteiger partial charge in [0.25, 0.3) is 0 Å². The summed E-state index contributed by atoms with van der Waals surface area (Å²) in [6.45, 7) is 0.392. The molecule has 0 aliphatic rings. The number of carbonyl (C=O) groups excluding carboxylic acids is 1. The number of nitrogens with one attached hydrogen (secondary N) is 1. The molecule has 6 heteroatoms. The molecule has 4 nitrogen and oxygen atoms in total. The normalized spacial score (nSPS) is 10.6. The van der Waals surface area contributed by atoms with Crippen LogP contribution >= 0.6 is 0 Å². The molecule has 0 aliphatic carbocycles. The quantitative estimate of drug-likeness (QED) is 0.912. The van der Waals surface area contributed by atoms with E-state index in [4.69, 9.17) is 0 Å². The lowest BCUT2D eigenvalue weighted by Crippen LogP contribution is -2.26. The topological polar surface area (TPSA) is 49.0 Å². The van der Waals surface area contributed by atoms with E-state index in [0.29, 0.717) is 24.4 Å². The van der Waals surface area contributed by atoms with E-state index in [1.54, 1.807) is 24.3 Å². The lowest BCUT2D eigenvalue weighted by atomic mass is 10.1. The number of amides is 1. The van der Waals surface area contributed by atoms with Crippen molar-refractivity contribution in [2.24, 2.45) is 0 Å². The molecule has 1 N–H and O–H groups in total. The van der Waals surface area contributed by atoms with E-state index >= 15 is 0 Å². The lowest BCUT2D eigenvalue weighted by molar-refractivity contribution is -0.130. The average molecular weight is 279 g/mol. The molecule has 1 amide bonds. The molecule has 1 aromatic heterocycles. The molecule has 1 heterocycles. The van der Waals surface area contributed by atoms with Crippen molar-refractivity contribution in [1.82, 2.24) is 14.9 Å². The first-order valence-corrected chi connectivity index (χ1v) is 6.22. The van der Waals surface area contributed by atoms with Gasteiger partial charge in [-0.3, -0.25) is 4.79 Å². The van der Waals surface area contributed by atoms with Crippen molar-refractivity contribution in [2.45, 2.75) is 19.4 Å². The predicted octanol–water partition coefficient (Wildman–Crippen LogP) is 2.28. The fraction of sp³-hybridized carbons (Fsp3) is 0.286. The van der Waals surface area contributed by atoms with Crippen LogP contribution in [0.2, 0.25) is 0 Å². The number of nitrogens with zero attached hydrogens (tertiary/aromatic N) is 2. The molecule has 0 aliphatic heterocycles. The number of halogens is 2. The molecule has 0 bridgehead atoms. The minimum Gasteiger partial charge on any atom is -0.347 e. The fourth-order valence-corrected chi connectivity index (χ4v) is 1.83. The van der Waals surface area contributed by atoms with Gasteiger partial charge in [-0.2, -0.15) is 0 Å². The van der Waals surface area contributed by atoms with Gasteiger partial charge in [-0.25, -0.2) is 13.8 Å². The molecule has 0 atom stereocenters. The summed E-state index contributed by atoms with van der Waals surface area (Å²) in [6.07, 6.45) is 3.92. The van der Waals surface area contributed by atoms with Crippen molar-refractivity contribution in [2.75, 3.05) is 7.05 Å². The second-order valence-corrected chi connectivity index (χ2v) is 4.53. The SMILES string of the molecule is CN(Cc1ncc[nH]1)C(=O)CCc1ccc(F)c(F)c1. The molecule has 0 saturated carbocycles. The number of aromatic nitrogens is 2. The molecule has 2 rings (SSSR count). The predicted molar refractivity (Wildman–Crippen MR) is 69.7 cm³/mol. The molecule has 0 fully saturated rings. The van der Waals surface area contributed by atoms with E-state index in [0.717, 1.165) is 12.1 Å². The van der Waals surface area contributed by atoms with Gasteiger partial charge in [0.15, 0.2) is 11.6 Å². The van der Waals surface area contributed by atoms with Gasteiger partial charge >= 0.3 is 0 Å². The van der Waals surface area contributed by atoms with Crippen molar-refractivity contribution >= 4 is 5.91 Å². The summed E-state index contributed by atoms with van der Waals surface area (Å²) in [5, 5.41) is 0. The number of carbonyl (C=O) groups is 1. The number of aromatic amines is 1. The molecule has 1 aromatic carbocycles. The number of hydrogen-bond donors (Lipinski definition) is 1. The second kappa shape index (κ2) is 6.27. The van der Waals surface area contributed by atoms with E-state index in [1.807, 2.05) is 0 Å². The van der Waals surface area contributed by atoms with Crippen molar-refractivity contribution in [1.29, 1.82) is 0 Å². The Kier molecular flexibility index (Phi) is 4.45. The molecule has 0 saturated heterocycles. The average Bonchev–Trinajstić information content (AvgIpc) is 2.92. The number of H-pyrrole nitrogens is 1. The minimum atomic E-state index is -0.890. The largest absolute Gasteiger partial charge is 0.347 e. The number of aryl methyl sites for hydroxylation is 1. The van der Waals surface area contributed by atoms with Crippen LogP contribution in [0.15, 0.2) is 30.6 Å². The van der Waals surface area contributed by atoms with Crippen LogP contribution in [0.25, 0.3) is 0 Å². The first-order valence-electron chi connectivity index (χ1n) is 6.22. The molecule has 0 radical (unpaired) electrons. The molecule has 2 aromatic rings. The zero-order valence-corrected chi connectivity index (χ0v) is 11.1. The van der Waals surface area contributed by atoms with Gasteiger partial charge in [0.05, 0.1) is 6.54 Å². The van der Waals surface area contributed by atoms with E-state index in [2.05, 4.69) is 9.97 Å². The summed E-state index contributed by atoms with van der Waals surface area (Å²) in [6, 6.07) is 3.68. The van der Waals surface area contributed by atoms with Gasteiger partial charge in [0.1, 0.15) is 5.82 Å². The van der Waals surface area contributed by atoms with Crippen molar-refractivity contribution in [3.63, 3.8) is 0 Å². The zero-order valence-electron chi connectivity index (χ0n) is 11.1. The molecular weight excluding hydrogens is 264 g/mol. The minimum absolute atomic E-state index is 0.0777. The van der Waals surface area contributed by atoms with Crippen LogP contribution in [0.4, 0.5) is 8.78 Å². The standard InChI is InChI=1S/C14H15F2N3O/c1-19(9-13-17-6-7-18-13)14(20)5-3-10-2-4-11(15)12(16)8-10/h2,4,6-8H,3,5,9H2,1H3,(H,17,18). The molecular formula is C14H15F2N3O. The summed E-state index contributed by atoms with van der Waals surface area (Å²) in [5.74, 6) is -1.14. The summed E-state index contributed by atoms with van der Waals surface area (Å²) < 4.78 is 25.8. The van der Waals surface area contributed by atoms with Crippen LogP contribution in [-0.4, -0.2) is 27.8 Å². The monoisotopic (exact) mass is 279 g/mol. The van der Waals surface area contributed by atoms with Crippen LogP contribution in [0.5, 0.6) is 0 Å². The zero-order chi connectivity index (χ0) is 14.5. The number of rotatable bonds is 5. The van der Waals surface area contributed by atoms with Gasteiger partial charge < -0.3 is 9.88 Å². The van der Waals surface area contributed by atoms with Gasteiger partial charge in [0.2, 0.25) is 5.91 Å². The summed E-state index contributed by atoms with van der Waals surface area (Å²) in [7, 11) is 1.68. The van der Waals surface area contributed by atoms with Gasteiger partial charge in [-0.15, -0.1) is 0 Å². The third kappa shape index (κ3) is 3.63. The van der Waals surface area contributed by atoms with Crippen LogP contribution in [-0.2, 0) is 17.8 Å². The van der Waals surface area contributed by atoms with Gasteiger partial charge in [0, 0.05) is 25.9 Å². The Morgan fingerprint density at radius 3 is 2.80 bits per heavy atom. The summed E-state index contributed by atoms with van der Waals surface area (Å²) in [4.78, 5) is 20.4. The van der Waals surface area contributed by atoms with Crippen molar-refractivity contribution in [3.8, 4) is 0 Å². The molecule has 106 valence electrons. The maximum atomic E-state index is 13.0. The van der Waals surface area contributed by atoms with E-state index in [1.165, 1.54) is 6.07 Å². The molecule has 20 heavy (non-hydrogen) atoms. The first kappa shape index (κ1) is 14.2.